The maximum Gasteiger partial charge on any atom is 0.255 e. The summed E-state index contributed by atoms with van der Waals surface area (Å²) in [6.07, 6.45) is 6.10. The van der Waals surface area contributed by atoms with Crippen molar-refractivity contribution in [1.29, 1.82) is 0 Å². The maximum atomic E-state index is 12.2. The van der Waals surface area contributed by atoms with E-state index < -0.39 is 0 Å². The highest BCUT2D eigenvalue weighted by Gasteiger charge is 2.12. The van der Waals surface area contributed by atoms with Crippen LogP contribution < -0.4 is 5.32 Å². The topological polar surface area (TPSA) is 50.2 Å². The number of amides is 1. The molecule has 0 atom stereocenters. The Hall–Kier alpha value is -2.14. The Morgan fingerprint density at radius 2 is 1.95 bits per heavy atom. The molecule has 116 valence electrons. The van der Waals surface area contributed by atoms with Gasteiger partial charge in [0.15, 0.2) is 0 Å². The first-order chi connectivity index (χ1) is 10.7. The minimum absolute atomic E-state index is 0.0941. The normalized spacial score (nSPS) is 15.1. The first-order valence-electron chi connectivity index (χ1n) is 7.89. The van der Waals surface area contributed by atoms with Gasteiger partial charge in [-0.05, 0) is 50.6 Å². The van der Waals surface area contributed by atoms with Gasteiger partial charge in [0.1, 0.15) is 0 Å². The van der Waals surface area contributed by atoms with Crippen LogP contribution in [-0.2, 0) is 13.1 Å². The van der Waals surface area contributed by atoms with Crippen LogP contribution in [0.2, 0.25) is 0 Å². The second-order valence-electron chi connectivity index (χ2n) is 5.72. The molecular formula is C17H22N4O. The zero-order valence-electron chi connectivity index (χ0n) is 13.0. The molecule has 1 aliphatic rings. The van der Waals surface area contributed by atoms with Gasteiger partial charge in [0.05, 0.1) is 11.9 Å². The quantitative estimate of drug-likeness (QED) is 0.923. The van der Waals surface area contributed by atoms with Crippen molar-refractivity contribution in [2.75, 3.05) is 18.4 Å². The lowest BCUT2D eigenvalue weighted by Crippen LogP contribution is -2.18. The van der Waals surface area contributed by atoms with E-state index in [1.165, 1.54) is 31.5 Å². The molecule has 0 radical (unpaired) electrons. The molecule has 0 unspecified atom stereocenters. The Bertz CT molecular complexity index is 626. The Morgan fingerprint density at radius 1 is 1.23 bits per heavy atom. The minimum Gasteiger partial charge on any atom is -0.319 e. The molecule has 0 bridgehead atoms. The number of rotatable bonds is 5. The number of nitrogens with one attached hydrogen (secondary N) is 1. The van der Waals surface area contributed by atoms with E-state index in [1.807, 2.05) is 37.4 Å². The number of benzene rings is 1. The standard InChI is InChI=1S/C17H22N4O/c1-2-21-13-16(11-18-21)19-17(22)15-7-5-14(6-8-15)12-20-9-3-4-10-20/h5-8,11,13H,2-4,9-10,12H2,1H3,(H,19,22). The lowest BCUT2D eigenvalue weighted by atomic mass is 10.1. The van der Waals surface area contributed by atoms with Gasteiger partial charge in [-0.25, -0.2) is 0 Å². The fourth-order valence-corrected chi connectivity index (χ4v) is 2.76. The van der Waals surface area contributed by atoms with Gasteiger partial charge in [-0.1, -0.05) is 12.1 Å². The maximum absolute atomic E-state index is 12.2. The lowest BCUT2D eigenvalue weighted by Gasteiger charge is -2.14. The first kappa shape index (κ1) is 14.8. The molecule has 2 aromatic rings. The molecule has 1 fully saturated rings. The molecule has 22 heavy (non-hydrogen) atoms. The molecule has 5 nitrogen and oxygen atoms in total. The molecule has 2 heterocycles. The molecule has 0 spiro atoms. The van der Waals surface area contributed by atoms with Crippen molar-refractivity contribution < 1.29 is 4.79 Å². The van der Waals surface area contributed by atoms with Crippen molar-refractivity contribution in [1.82, 2.24) is 14.7 Å². The van der Waals surface area contributed by atoms with Crippen LogP contribution in [0.5, 0.6) is 0 Å². The first-order valence-corrected chi connectivity index (χ1v) is 7.89. The molecule has 0 aliphatic carbocycles. The monoisotopic (exact) mass is 298 g/mol. The fraction of sp³-hybridized carbons (Fsp3) is 0.412. The molecule has 3 rings (SSSR count). The zero-order chi connectivity index (χ0) is 15.4. The van der Waals surface area contributed by atoms with Crippen molar-refractivity contribution in [3.05, 3.63) is 47.8 Å². The number of carbonyl (C=O) groups is 1. The van der Waals surface area contributed by atoms with Crippen LogP contribution in [0.1, 0.15) is 35.7 Å². The predicted octanol–water partition coefficient (Wildman–Crippen LogP) is 2.75. The number of aromatic nitrogens is 2. The molecule has 1 N–H and O–H groups in total. The third-order valence-electron chi connectivity index (χ3n) is 4.04. The fourth-order valence-electron chi connectivity index (χ4n) is 2.76. The van der Waals surface area contributed by atoms with Crippen molar-refractivity contribution in [3.63, 3.8) is 0 Å². The average molecular weight is 298 g/mol. The van der Waals surface area contributed by atoms with Crippen LogP contribution in [0.15, 0.2) is 36.7 Å². The van der Waals surface area contributed by atoms with Crippen LogP contribution in [0, 0.1) is 0 Å². The smallest absolute Gasteiger partial charge is 0.255 e. The summed E-state index contributed by atoms with van der Waals surface area (Å²) in [6.45, 7) is 6.15. The van der Waals surface area contributed by atoms with Gasteiger partial charge in [0.2, 0.25) is 0 Å². The molecule has 1 aliphatic heterocycles. The number of aryl methyl sites for hydroxylation is 1. The highest BCUT2D eigenvalue weighted by Crippen LogP contribution is 2.14. The van der Waals surface area contributed by atoms with Gasteiger partial charge in [-0.3, -0.25) is 14.4 Å². The van der Waals surface area contributed by atoms with Crippen molar-refractivity contribution >= 4 is 11.6 Å². The van der Waals surface area contributed by atoms with Gasteiger partial charge < -0.3 is 5.32 Å². The van der Waals surface area contributed by atoms with Gasteiger partial charge in [-0.2, -0.15) is 5.10 Å². The number of hydrogen-bond donors (Lipinski definition) is 1. The molecule has 5 heteroatoms. The third kappa shape index (κ3) is 3.54. The second-order valence-corrected chi connectivity index (χ2v) is 5.72. The molecular weight excluding hydrogens is 276 g/mol. The Kier molecular flexibility index (Phi) is 4.53. The summed E-state index contributed by atoms with van der Waals surface area (Å²) in [7, 11) is 0. The van der Waals surface area contributed by atoms with Crippen LogP contribution in [0.4, 0.5) is 5.69 Å². The van der Waals surface area contributed by atoms with E-state index in [4.69, 9.17) is 0 Å². The zero-order valence-corrected chi connectivity index (χ0v) is 13.0. The van der Waals surface area contributed by atoms with Crippen LogP contribution in [0.25, 0.3) is 0 Å². The Morgan fingerprint density at radius 3 is 2.59 bits per heavy atom. The van der Waals surface area contributed by atoms with Gasteiger partial charge >= 0.3 is 0 Å². The van der Waals surface area contributed by atoms with Gasteiger partial charge in [0.25, 0.3) is 5.91 Å². The minimum atomic E-state index is -0.0941. The number of anilines is 1. The van der Waals surface area contributed by atoms with Gasteiger partial charge in [-0.15, -0.1) is 0 Å². The summed E-state index contributed by atoms with van der Waals surface area (Å²) in [4.78, 5) is 14.7. The summed E-state index contributed by atoms with van der Waals surface area (Å²) in [5, 5.41) is 7.02. The number of likely N-dealkylation sites (tertiary alicyclic amines) is 1. The molecule has 1 aromatic carbocycles. The van der Waals surface area contributed by atoms with Crippen LogP contribution >= 0.6 is 0 Å². The SMILES string of the molecule is CCn1cc(NC(=O)c2ccc(CN3CCCC3)cc2)cn1. The van der Waals surface area contributed by atoms with Crippen molar-refractivity contribution in [2.45, 2.75) is 32.9 Å². The third-order valence-corrected chi connectivity index (χ3v) is 4.04. The highest BCUT2D eigenvalue weighted by molar-refractivity contribution is 6.04. The van der Waals surface area contributed by atoms with E-state index in [9.17, 15) is 4.79 Å². The van der Waals surface area contributed by atoms with Gasteiger partial charge in [0, 0.05) is 24.8 Å². The van der Waals surface area contributed by atoms with E-state index in [-0.39, 0.29) is 5.91 Å². The van der Waals surface area contributed by atoms with E-state index >= 15 is 0 Å². The van der Waals surface area contributed by atoms with E-state index in [1.54, 1.807) is 10.9 Å². The summed E-state index contributed by atoms with van der Waals surface area (Å²) in [5.41, 5.74) is 2.67. The lowest BCUT2D eigenvalue weighted by molar-refractivity contribution is 0.102. The van der Waals surface area contributed by atoms with Crippen LogP contribution in [-0.4, -0.2) is 33.7 Å². The second kappa shape index (κ2) is 6.75. The Labute approximate surface area is 130 Å². The summed E-state index contributed by atoms with van der Waals surface area (Å²) < 4.78 is 1.79. The van der Waals surface area contributed by atoms with E-state index in [0.717, 1.165) is 18.8 Å². The molecule has 1 amide bonds. The van der Waals surface area contributed by atoms with Crippen molar-refractivity contribution in [2.24, 2.45) is 0 Å². The summed E-state index contributed by atoms with van der Waals surface area (Å²) in [6, 6.07) is 7.88. The summed E-state index contributed by atoms with van der Waals surface area (Å²) >= 11 is 0. The van der Waals surface area contributed by atoms with E-state index in [2.05, 4.69) is 15.3 Å². The Balaban J connectivity index is 1.60. The highest BCUT2D eigenvalue weighted by atomic mass is 16.1. The van der Waals surface area contributed by atoms with E-state index in [0.29, 0.717) is 5.56 Å². The number of hydrogen-bond acceptors (Lipinski definition) is 3. The molecule has 1 saturated heterocycles. The number of nitrogens with zero attached hydrogens (tertiary/aromatic N) is 3. The molecule has 1 aromatic heterocycles. The predicted molar refractivity (Wildman–Crippen MR) is 86.8 cm³/mol. The largest absolute Gasteiger partial charge is 0.319 e. The molecule has 0 saturated carbocycles. The summed E-state index contributed by atoms with van der Waals surface area (Å²) in [5.74, 6) is -0.0941. The average Bonchev–Trinajstić information content (AvgIpc) is 3.19. The number of carbonyl (C=O) groups excluding carboxylic acids is 1. The van der Waals surface area contributed by atoms with Crippen LogP contribution in [0.3, 0.4) is 0 Å². The van der Waals surface area contributed by atoms with Crippen molar-refractivity contribution in [3.8, 4) is 0 Å².